The van der Waals surface area contributed by atoms with Crippen molar-refractivity contribution >= 4 is 33.0 Å². The third kappa shape index (κ3) is 3.22. The molecule has 18 heavy (non-hydrogen) atoms. The van der Waals surface area contributed by atoms with Crippen LogP contribution in [0.2, 0.25) is 0 Å². The van der Waals surface area contributed by atoms with Crippen LogP contribution in [0.25, 0.3) is 0 Å². The van der Waals surface area contributed by atoms with E-state index in [0.717, 1.165) is 15.0 Å². The van der Waals surface area contributed by atoms with Crippen molar-refractivity contribution in [3.05, 3.63) is 44.6 Å². The Bertz CT molecular complexity index is 568. The number of hydrogen-bond donors (Lipinski definition) is 1. The van der Waals surface area contributed by atoms with Gasteiger partial charge < -0.3 is 5.73 Å². The minimum atomic E-state index is -0.135. The highest BCUT2D eigenvalue weighted by Gasteiger charge is 2.13. The Morgan fingerprint density at radius 2 is 2.33 bits per heavy atom. The quantitative estimate of drug-likeness (QED) is 0.877. The standard InChI is InChI=1S/C12H12BrN3OS/c1-7(14)12-16-10(6-18-12)11(17)3-8-2-9(13)5-15-4-8/h2,4-7H,3,14H2,1H3. The zero-order valence-electron chi connectivity index (χ0n) is 9.76. The number of carbonyl (C=O) groups is 1. The van der Waals surface area contributed by atoms with Crippen molar-refractivity contribution < 1.29 is 4.79 Å². The van der Waals surface area contributed by atoms with Crippen molar-refractivity contribution in [3.63, 3.8) is 0 Å². The van der Waals surface area contributed by atoms with Gasteiger partial charge in [0, 0.05) is 28.7 Å². The van der Waals surface area contributed by atoms with Crippen molar-refractivity contribution in [2.45, 2.75) is 19.4 Å². The molecule has 2 aromatic rings. The maximum Gasteiger partial charge on any atom is 0.186 e. The maximum atomic E-state index is 12.0. The third-order valence-corrected chi connectivity index (χ3v) is 3.80. The number of rotatable bonds is 4. The molecule has 1 unspecified atom stereocenters. The van der Waals surface area contributed by atoms with Crippen LogP contribution >= 0.6 is 27.3 Å². The van der Waals surface area contributed by atoms with Crippen LogP contribution in [0.1, 0.15) is 34.0 Å². The van der Waals surface area contributed by atoms with Crippen LogP contribution in [0.5, 0.6) is 0 Å². The van der Waals surface area contributed by atoms with Crippen molar-refractivity contribution in [1.82, 2.24) is 9.97 Å². The largest absolute Gasteiger partial charge is 0.322 e. The van der Waals surface area contributed by atoms with E-state index in [1.54, 1.807) is 17.8 Å². The maximum absolute atomic E-state index is 12.0. The van der Waals surface area contributed by atoms with Gasteiger partial charge in [-0.2, -0.15) is 0 Å². The van der Waals surface area contributed by atoms with Crippen LogP contribution in [-0.2, 0) is 6.42 Å². The van der Waals surface area contributed by atoms with Crippen LogP contribution in [-0.4, -0.2) is 15.8 Å². The molecule has 0 saturated carbocycles. The fourth-order valence-electron chi connectivity index (χ4n) is 1.45. The third-order valence-electron chi connectivity index (χ3n) is 2.32. The molecule has 0 aliphatic rings. The molecule has 1 atom stereocenters. The lowest BCUT2D eigenvalue weighted by Crippen LogP contribution is -2.07. The van der Waals surface area contributed by atoms with Gasteiger partial charge in [0.05, 0.1) is 6.04 Å². The van der Waals surface area contributed by atoms with Gasteiger partial charge >= 0.3 is 0 Å². The van der Waals surface area contributed by atoms with E-state index in [1.165, 1.54) is 11.3 Å². The van der Waals surface area contributed by atoms with Gasteiger partial charge in [0.2, 0.25) is 0 Å². The summed E-state index contributed by atoms with van der Waals surface area (Å²) in [5.74, 6) is -0.0157. The second-order valence-corrected chi connectivity index (χ2v) is 5.78. The normalized spacial score (nSPS) is 12.4. The number of pyridine rings is 1. The molecule has 0 aromatic carbocycles. The highest BCUT2D eigenvalue weighted by molar-refractivity contribution is 9.10. The van der Waals surface area contributed by atoms with E-state index in [9.17, 15) is 4.79 Å². The summed E-state index contributed by atoms with van der Waals surface area (Å²) in [6, 6.07) is 1.74. The van der Waals surface area contributed by atoms with Crippen molar-refractivity contribution in [2.75, 3.05) is 0 Å². The molecule has 4 nitrogen and oxygen atoms in total. The number of hydrogen-bond acceptors (Lipinski definition) is 5. The highest BCUT2D eigenvalue weighted by atomic mass is 79.9. The predicted molar refractivity (Wildman–Crippen MR) is 74.7 cm³/mol. The fraction of sp³-hybridized carbons (Fsp3) is 0.250. The molecule has 2 rings (SSSR count). The van der Waals surface area contributed by atoms with E-state index in [-0.39, 0.29) is 11.8 Å². The first-order chi connectivity index (χ1) is 8.56. The van der Waals surface area contributed by atoms with Crippen molar-refractivity contribution in [1.29, 1.82) is 0 Å². The summed E-state index contributed by atoms with van der Waals surface area (Å²) in [5.41, 5.74) is 7.06. The lowest BCUT2D eigenvalue weighted by atomic mass is 10.1. The van der Waals surface area contributed by atoms with E-state index in [0.29, 0.717) is 12.1 Å². The molecule has 94 valence electrons. The number of carbonyl (C=O) groups excluding carboxylic acids is 1. The lowest BCUT2D eigenvalue weighted by Gasteiger charge is -1.99. The van der Waals surface area contributed by atoms with Crippen LogP contribution in [0.3, 0.4) is 0 Å². The number of Topliss-reactive ketones (excluding diaryl/α,β-unsaturated/α-hetero) is 1. The van der Waals surface area contributed by atoms with Crippen LogP contribution in [0, 0.1) is 0 Å². The Morgan fingerprint density at radius 3 is 2.94 bits per heavy atom. The number of nitrogens with two attached hydrogens (primary N) is 1. The minimum absolute atomic E-state index is 0.0157. The number of nitrogens with zero attached hydrogens (tertiary/aromatic N) is 2. The summed E-state index contributed by atoms with van der Waals surface area (Å²) in [7, 11) is 0. The molecule has 0 amide bonds. The first kappa shape index (κ1) is 13.3. The molecule has 0 saturated heterocycles. The molecule has 0 aliphatic carbocycles. The number of halogens is 1. The molecule has 2 aromatic heterocycles. The topological polar surface area (TPSA) is 68.9 Å². The van der Waals surface area contributed by atoms with E-state index in [4.69, 9.17) is 5.73 Å². The molecular weight excluding hydrogens is 314 g/mol. The monoisotopic (exact) mass is 325 g/mol. The van der Waals surface area contributed by atoms with Gasteiger partial charge in [-0.25, -0.2) is 4.98 Å². The van der Waals surface area contributed by atoms with E-state index < -0.39 is 0 Å². The zero-order valence-corrected chi connectivity index (χ0v) is 12.2. The van der Waals surface area contributed by atoms with Crippen LogP contribution < -0.4 is 5.73 Å². The van der Waals surface area contributed by atoms with Gasteiger partial charge in [-0.15, -0.1) is 11.3 Å². The van der Waals surface area contributed by atoms with Crippen molar-refractivity contribution in [2.24, 2.45) is 5.73 Å². The van der Waals surface area contributed by atoms with Gasteiger partial charge in [-0.1, -0.05) is 0 Å². The Labute approximate surface area is 117 Å². The van der Waals surface area contributed by atoms with Gasteiger partial charge in [0.1, 0.15) is 10.7 Å². The first-order valence-electron chi connectivity index (χ1n) is 5.40. The summed E-state index contributed by atoms with van der Waals surface area (Å²) in [6.07, 6.45) is 3.67. The van der Waals surface area contributed by atoms with Gasteiger partial charge in [-0.05, 0) is 34.5 Å². The smallest absolute Gasteiger partial charge is 0.186 e. The minimum Gasteiger partial charge on any atom is -0.322 e. The second-order valence-electron chi connectivity index (χ2n) is 3.97. The molecule has 0 radical (unpaired) electrons. The molecular formula is C12H12BrN3OS. The molecule has 0 spiro atoms. The molecule has 0 aliphatic heterocycles. The number of ketones is 1. The zero-order chi connectivity index (χ0) is 13.1. The molecule has 0 fully saturated rings. The average Bonchev–Trinajstić information content (AvgIpc) is 2.78. The summed E-state index contributed by atoms with van der Waals surface area (Å²) >= 11 is 4.75. The molecule has 2 heterocycles. The lowest BCUT2D eigenvalue weighted by molar-refractivity contribution is 0.0988. The second kappa shape index (κ2) is 5.69. The Hall–Kier alpha value is -1.11. The molecule has 2 N–H and O–H groups in total. The Kier molecular flexibility index (Phi) is 4.21. The van der Waals surface area contributed by atoms with E-state index in [1.807, 2.05) is 13.0 Å². The van der Waals surface area contributed by atoms with Crippen LogP contribution in [0.4, 0.5) is 0 Å². The summed E-state index contributed by atoms with van der Waals surface area (Å²) in [5, 5.41) is 2.54. The molecule has 6 heteroatoms. The SMILES string of the molecule is CC(N)c1nc(C(=O)Cc2cncc(Br)c2)cs1. The number of thiazole rings is 1. The van der Waals surface area contributed by atoms with E-state index >= 15 is 0 Å². The Balaban J connectivity index is 2.12. The number of aromatic nitrogens is 2. The van der Waals surface area contributed by atoms with Crippen molar-refractivity contribution in [3.8, 4) is 0 Å². The fourth-order valence-corrected chi connectivity index (χ4v) is 2.65. The summed E-state index contributed by atoms with van der Waals surface area (Å²) < 4.78 is 0.863. The van der Waals surface area contributed by atoms with Crippen LogP contribution in [0.15, 0.2) is 28.3 Å². The van der Waals surface area contributed by atoms with Gasteiger partial charge in [0.15, 0.2) is 5.78 Å². The molecule has 0 bridgehead atoms. The summed E-state index contributed by atoms with van der Waals surface area (Å²) in [6.45, 7) is 1.85. The Morgan fingerprint density at radius 1 is 1.56 bits per heavy atom. The van der Waals surface area contributed by atoms with Gasteiger partial charge in [-0.3, -0.25) is 9.78 Å². The average molecular weight is 326 g/mol. The van der Waals surface area contributed by atoms with Gasteiger partial charge in [0.25, 0.3) is 0 Å². The van der Waals surface area contributed by atoms with E-state index in [2.05, 4.69) is 25.9 Å². The highest BCUT2D eigenvalue weighted by Crippen LogP contribution is 2.18. The summed E-state index contributed by atoms with van der Waals surface area (Å²) in [4.78, 5) is 20.3. The first-order valence-corrected chi connectivity index (χ1v) is 7.07. The predicted octanol–water partition coefficient (Wildman–Crippen LogP) is 2.75.